The highest BCUT2D eigenvalue weighted by Crippen LogP contribution is 1.67. The Hall–Kier alpha value is -0.570. The summed E-state index contributed by atoms with van der Waals surface area (Å²) in [5.74, 6) is 0. The van der Waals surface area contributed by atoms with Crippen LogP contribution in [0, 0.1) is 0 Å². The second-order valence-electron chi connectivity index (χ2n) is 1.88. The van der Waals surface area contributed by atoms with Gasteiger partial charge in [0.15, 0.2) is 0 Å². The first-order valence-corrected chi connectivity index (χ1v) is 3.59. The Morgan fingerprint density at radius 3 is 2.30 bits per heavy atom. The maximum Gasteiger partial charge on any atom is 0.207 e. The van der Waals surface area contributed by atoms with Crippen molar-refractivity contribution >= 4 is 6.41 Å². The van der Waals surface area contributed by atoms with Gasteiger partial charge in [0.2, 0.25) is 6.41 Å². The summed E-state index contributed by atoms with van der Waals surface area (Å²) in [4.78, 5) is 11.7. The quantitative estimate of drug-likeness (QED) is 0.467. The molecule has 0 radical (unpaired) electrons. The lowest BCUT2D eigenvalue weighted by atomic mass is 10.6. The minimum Gasteiger partial charge on any atom is -0.357 e. The van der Waals surface area contributed by atoms with E-state index in [1.807, 2.05) is 32.8 Å². The van der Waals surface area contributed by atoms with Crippen LogP contribution in [0.15, 0.2) is 0 Å². The van der Waals surface area contributed by atoms with Crippen molar-refractivity contribution in [3.63, 3.8) is 0 Å². The van der Waals surface area contributed by atoms with E-state index in [-0.39, 0.29) is 1.43 Å². The SMILES string of the molecule is CC.CN(C)CCNC=O.[HH]. The summed E-state index contributed by atoms with van der Waals surface area (Å²) in [6.07, 6.45) is 0.712. The van der Waals surface area contributed by atoms with Gasteiger partial charge in [-0.25, -0.2) is 0 Å². The molecule has 0 spiro atoms. The molecule has 0 aliphatic heterocycles. The molecule has 10 heavy (non-hydrogen) atoms. The van der Waals surface area contributed by atoms with Crippen LogP contribution >= 0.6 is 0 Å². The molecule has 0 aliphatic carbocycles. The Morgan fingerprint density at radius 1 is 1.50 bits per heavy atom. The van der Waals surface area contributed by atoms with Crippen LogP contribution in [0.1, 0.15) is 15.3 Å². The first kappa shape index (κ1) is 12.1. The minimum absolute atomic E-state index is 0. The second-order valence-corrected chi connectivity index (χ2v) is 1.88. The van der Waals surface area contributed by atoms with Crippen molar-refractivity contribution < 1.29 is 6.22 Å². The molecule has 0 unspecified atom stereocenters. The van der Waals surface area contributed by atoms with Gasteiger partial charge in [-0.15, -0.1) is 0 Å². The fraction of sp³-hybridized carbons (Fsp3) is 0.857. The molecule has 0 saturated carbocycles. The number of carbonyl (C=O) groups excluding carboxylic acids is 1. The second kappa shape index (κ2) is 11.3. The van der Waals surface area contributed by atoms with Gasteiger partial charge in [-0.3, -0.25) is 4.79 Å². The highest BCUT2D eigenvalue weighted by atomic mass is 16.1. The van der Waals surface area contributed by atoms with Gasteiger partial charge in [0.25, 0.3) is 0 Å². The molecule has 64 valence electrons. The zero-order chi connectivity index (χ0) is 8.41. The molecule has 3 nitrogen and oxygen atoms in total. The van der Waals surface area contributed by atoms with Crippen molar-refractivity contribution in [1.29, 1.82) is 0 Å². The van der Waals surface area contributed by atoms with Crippen LogP contribution in [-0.4, -0.2) is 38.5 Å². The van der Waals surface area contributed by atoms with Crippen LogP contribution in [0.3, 0.4) is 0 Å². The van der Waals surface area contributed by atoms with Gasteiger partial charge < -0.3 is 10.2 Å². The van der Waals surface area contributed by atoms with E-state index >= 15 is 0 Å². The van der Waals surface area contributed by atoms with Crippen LogP contribution in [0.4, 0.5) is 0 Å². The number of carbonyl (C=O) groups is 1. The standard InChI is InChI=1S/C5H12N2O.C2H6.H2/c1-7(2)4-3-6-5-8;1-2;/h5H,3-4H2,1-2H3,(H,6,8);1-2H3;1H. The number of likely N-dealkylation sites (N-methyl/N-ethyl adjacent to an activating group) is 1. The molecule has 1 amide bonds. The van der Waals surface area contributed by atoms with E-state index in [0.29, 0.717) is 6.41 Å². The number of hydrogen-bond acceptors (Lipinski definition) is 2. The lowest BCUT2D eigenvalue weighted by Gasteiger charge is -2.06. The average molecular weight is 148 g/mol. The Kier molecular flexibility index (Phi) is 13.7. The summed E-state index contributed by atoms with van der Waals surface area (Å²) in [6, 6.07) is 0. The molecule has 0 saturated heterocycles. The van der Waals surface area contributed by atoms with E-state index in [2.05, 4.69) is 5.32 Å². The number of rotatable bonds is 4. The molecule has 0 bridgehead atoms. The summed E-state index contributed by atoms with van der Waals surface area (Å²) >= 11 is 0. The van der Waals surface area contributed by atoms with Crippen molar-refractivity contribution in [3.8, 4) is 0 Å². The van der Waals surface area contributed by atoms with Gasteiger partial charge in [-0.2, -0.15) is 0 Å². The van der Waals surface area contributed by atoms with Crippen molar-refractivity contribution in [3.05, 3.63) is 0 Å². The monoisotopic (exact) mass is 148 g/mol. The topological polar surface area (TPSA) is 32.3 Å². The Labute approximate surface area is 64.9 Å². The van der Waals surface area contributed by atoms with Gasteiger partial charge in [0.05, 0.1) is 0 Å². The molecule has 0 heterocycles. The Balaban J connectivity index is -0.000000196. The molecule has 0 fully saturated rings. The molecule has 0 aromatic heterocycles. The van der Waals surface area contributed by atoms with E-state index < -0.39 is 0 Å². The predicted molar refractivity (Wildman–Crippen MR) is 46.1 cm³/mol. The van der Waals surface area contributed by atoms with Crippen LogP contribution in [0.25, 0.3) is 0 Å². The van der Waals surface area contributed by atoms with Gasteiger partial charge in [0.1, 0.15) is 0 Å². The van der Waals surface area contributed by atoms with Crippen LogP contribution < -0.4 is 5.32 Å². The molecular weight excluding hydrogens is 128 g/mol. The molecule has 1 N–H and O–H groups in total. The first-order chi connectivity index (χ1) is 4.77. The summed E-state index contributed by atoms with van der Waals surface area (Å²) in [7, 11) is 3.93. The lowest BCUT2D eigenvalue weighted by molar-refractivity contribution is -0.109. The van der Waals surface area contributed by atoms with E-state index in [1.54, 1.807) is 0 Å². The smallest absolute Gasteiger partial charge is 0.207 e. The molecule has 3 heteroatoms. The summed E-state index contributed by atoms with van der Waals surface area (Å²) < 4.78 is 0. The van der Waals surface area contributed by atoms with Crippen molar-refractivity contribution in [2.45, 2.75) is 13.8 Å². The maximum atomic E-state index is 9.66. The molecule has 0 aromatic rings. The highest BCUT2D eigenvalue weighted by Gasteiger charge is 1.84. The van der Waals surface area contributed by atoms with Crippen molar-refractivity contribution in [2.75, 3.05) is 27.2 Å². The largest absolute Gasteiger partial charge is 0.357 e. The number of nitrogens with one attached hydrogen (secondary N) is 1. The molecular formula is C7H20N2O. The van der Waals surface area contributed by atoms with Gasteiger partial charge >= 0.3 is 0 Å². The summed E-state index contributed by atoms with van der Waals surface area (Å²) in [6.45, 7) is 5.63. The third-order valence-corrected chi connectivity index (χ3v) is 0.787. The number of nitrogens with zero attached hydrogens (tertiary/aromatic N) is 1. The third kappa shape index (κ3) is 15.7. The molecule has 0 aromatic carbocycles. The molecule has 0 aliphatic rings. The number of amides is 1. The predicted octanol–water partition coefficient (Wildman–Crippen LogP) is 0.566. The Bertz CT molecular complexity index is 69.5. The van der Waals surface area contributed by atoms with Crippen LogP contribution in [-0.2, 0) is 4.79 Å². The fourth-order valence-electron chi connectivity index (χ4n) is 0.347. The van der Waals surface area contributed by atoms with Crippen LogP contribution in [0.2, 0.25) is 0 Å². The van der Waals surface area contributed by atoms with E-state index in [0.717, 1.165) is 13.1 Å². The average Bonchev–Trinajstić information content (AvgIpc) is 1.92. The highest BCUT2D eigenvalue weighted by molar-refractivity contribution is 5.45. The third-order valence-electron chi connectivity index (χ3n) is 0.787. The van der Waals surface area contributed by atoms with Gasteiger partial charge in [-0.1, -0.05) is 13.8 Å². The summed E-state index contributed by atoms with van der Waals surface area (Å²) in [5, 5.41) is 2.56. The van der Waals surface area contributed by atoms with Crippen LogP contribution in [0.5, 0.6) is 0 Å². The zero-order valence-electron chi connectivity index (χ0n) is 7.35. The lowest BCUT2D eigenvalue weighted by Crippen LogP contribution is -2.25. The van der Waals surface area contributed by atoms with Gasteiger partial charge in [-0.05, 0) is 14.1 Å². The number of hydrogen-bond donors (Lipinski definition) is 1. The maximum absolute atomic E-state index is 9.66. The first-order valence-electron chi connectivity index (χ1n) is 3.59. The van der Waals surface area contributed by atoms with E-state index in [9.17, 15) is 4.79 Å². The molecule has 0 atom stereocenters. The van der Waals surface area contributed by atoms with E-state index in [1.165, 1.54) is 0 Å². The van der Waals surface area contributed by atoms with E-state index in [4.69, 9.17) is 0 Å². The molecule has 0 rings (SSSR count). The Morgan fingerprint density at radius 2 is 2.00 bits per heavy atom. The summed E-state index contributed by atoms with van der Waals surface area (Å²) in [5.41, 5.74) is 0. The van der Waals surface area contributed by atoms with Crippen molar-refractivity contribution in [1.82, 2.24) is 10.2 Å². The zero-order valence-corrected chi connectivity index (χ0v) is 7.35. The fourth-order valence-corrected chi connectivity index (χ4v) is 0.347. The van der Waals surface area contributed by atoms with Crippen molar-refractivity contribution in [2.24, 2.45) is 0 Å². The minimum atomic E-state index is 0. The normalized spacial score (nSPS) is 8.10. The van der Waals surface area contributed by atoms with Gasteiger partial charge in [0, 0.05) is 14.5 Å².